The smallest absolute Gasteiger partial charge is 0.323 e. The number of ether oxygens (including phenoxy) is 2. The lowest BCUT2D eigenvalue weighted by Gasteiger charge is -2.13. The third-order valence-electron chi connectivity index (χ3n) is 4.85. The molecular weight excluding hydrogens is 439 g/mol. The third-order valence-corrected chi connectivity index (χ3v) is 5.44. The van der Waals surface area contributed by atoms with Gasteiger partial charge in [-0.25, -0.2) is 4.98 Å². The lowest BCUT2D eigenvalue weighted by Crippen LogP contribution is -2.07. The monoisotopic (exact) mass is 458 g/mol. The van der Waals surface area contributed by atoms with Crippen molar-refractivity contribution in [3.8, 4) is 11.5 Å². The zero-order valence-electron chi connectivity index (χ0n) is 16.8. The summed E-state index contributed by atoms with van der Waals surface area (Å²) in [4.78, 5) is 15.5. The minimum absolute atomic E-state index is 0.0931. The Kier molecular flexibility index (Phi) is 6.20. The molecule has 0 spiro atoms. The molecule has 0 aliphatic carbocycles. The van der Waals surface area contributed by atoms with Crippen LogP contribution in [0.3, 0.4) is 0 Å². The van der Waals surface area contributed by atoms with Crippen molar-refractivity contribution >= 4 is 51.0 Å². The molecular formula is C23H20Cl2N2O4. The molecule has 0 aliphatic heterocycles. The van der Waals surface area contributed by atoms with Crippen molar-refractivity contribution in [2.24, 2.45) is 0 Å². The van der Waals surface area contributed by atoms with Gasteiger partial charge in [0.05, 0.1) is 28.8 Å². The van der Waals surface area contributed by atoms with Crippen LogP contribution in [0.5, 0.6) is 11.5 Å². The fraction of sp³-hybridized carbons (Fsp3) is 0.217. The Hall–Kier alpha value is -2.96. The van der Waals surface area contributed by atoms with Gasteiger partial charge in [0, 0.05) is 29.1 Å². The molecule has 0 radical (unpaired) electrons. The maximum atomic E-state index is 11.0. The number of carbonyl (C=O) groups is 1. The highest BCUT2D eigenvalue weighted by molar-refractivity contribution is 6.39. The summed E-state index contributed by atoms with van der Waals surface area (Å²) in [5, 5.41) is 11.7. The van der Waals surface area contributed by atoms with E-state index in [-0.39, 0.29) is 6.54 Å². The predicted molar refractivity (Wildman–Crippen MR) is 122 cm³/mol. The molecule has 2 heterocycles. The molecule has 0 atom stereocenters. The standard InChI is InChI=1S/C23H20Cl2N2O4/c1-14-6-7-15-17(24)12-18(25)23(22(15)26-14)31-11-3-10-30-20-5-2-4-19-16(20)8-9-27(19)13-21(28)29/h2,4-9,12H,3,10-11,13H2,1H3,(H,28,29). The minimum Gasteiger partial charge on any atom is -0.493 e. The summed E-state index contributed by atoms with van der Waals surface area (Å²) in [5.74, 6) is 0.325. The van der Waals surface area contributed by atoms with Crippen LogP contribution in [0.15, 0.2) is 48.7 Å². The summed E-state index contributed by atoms with van der Waals surface area (Å²) < 4.78 is 13.5. The molecule has 4 aromatic rings. The predicted octanol–water partition coefficient (Wildman–Crippen LogP) is 5.74. The first kappa shape index (κ1) is 21.3. The van der Waals surface area contributed by atoms with Gasteiger partial charge >= 0.3 is 5.97 Å². The van der Waals surface area contributed by atoms with Gasteiger partial charge in [0.1, 0.15) is 17.8 Å². The first-order chi connectivity index (χ1) is 14.9. The van der Waals surface area contributed by atoms with Gasteiger partial charge in [0.25, 0.3) is 0 Å². The van der Waals surface area contributed by atoms with Gasteiger partial charge in [-0.2, -0.15) is 0 Å². The lowest BCUT2D eigenvalue weighted by molar-refractivity contribution is -0.137. The summed E-state index contributed by atoms with van der Waals surface area (Å²) in [7, 11) is 0. The molecule has 8 heteroatoms. The molecule has 4 rings (SSSR count). The second-order valence-corrected chi connectivity index (χ2v) is 7.91. The van der Waals surface area contributed by atoms with Crippen molar-refractivity contribution in [1.29, 1.82) is 0 Å². The number of aryl methyl sites for hydroxylation is 1. The molecule has 0 saturated heterocycles. The van der Waals surface area contributed by atoms with Crippen molar-refractivity contribution in [1.82, 2.24) is 9.55 Å². The fourth-order valence-electron chi connectivity index (χ4n) is 3.45. The maximum Gasteiger partial charge on any atom is 0.323 e. The highest BCUT2D eigenvalue weighted by atomic mass is 35.5. The molecule has 2 aromatic carbocycles. The molecule has 0 fully saturated rings. The number of carboxylic acids is 1. The number of rotatable bonds is 8. The molecule has 0 aliphatic rings. The molecule has 0 unspecified atom stereocenters. The number of pyridine rings is 1. The molecule has 1 N–H and O–H groups in total. The Balaban J connectivity index is 1.41. The van der Waals surface area contributed by atoms with Crippen molar-refractivity contribution in [3.05, 3.63) is 64.4 Å². The van der Waals surface area contributed by atoms with Crippen LogP contribution in [0, 0.1) is 6.92 Å². The van der Waals surface area contributed by atoms with E-state index in [1.54, 1.807) is 16.8 Å². The van der Waals surface area contributed by atoms with Crippen LogP contribution in [0.1, 0.15) is 12.1 Å². The van der Waals surface area contributed by atoms with Crippen LogP contribution in [0.2, 0.25) is 10.0 Å². The number of halogens is 2. The maximum absolute atomic E-state index is 11.0. The number of carboxylic acid groups (broad SMARTS) is 1. The molecule has 6 nitrogen and oxygen atoms in total. The molecule has 31 heavy (non-hydrogen) atoms. The Morgan fingerprint density at radius 3 is 2.68 bits per heavy atom. The second-order valence-electron chi connectivity index (χ2n) is 7.09. The highest BCUT2D eigenvalue weighted by Gasteiger charge is 2.13. The summed E-state index contributed by atoms with van der Waals surface area (Å²) in [5.41, 5.74) is 2.31. The topological polar surface area (TPSA) is 73.6 Å². The van der Waals surface area contributed by atoms with Crippen LogP contribution in [0.4, 0.5) is 0 Å². The zero-order valence-corrected chi connectivity index (χ0v) is 18.3. The largest absolute Gasteiger partial charge is 0.493 e. The van der Waals surface area contributed by atoms with E-state index in [2.05, 4.69) is 4.98 Å². The Bertz CT molecular complexity index is 1270. The van der Waals surface area contributed by atoms with Gasteiger partial charge in [-0.05, 0) is 43.3 Å². The molecule has 2 aromatic heterocycles. The van der Waals surface area contributed by atoms with E-state index in [4.69, 9.17) is 37.8 Å². The SMILES string of the molecule is Cc1ccc2c(Cl)cc(Cl)c(OCCCOc3cccc4c3ccn4CC(=O)O)c2n1. The van der Waals surface area contributed by atoms with E-state index >= 15 is 0 Å². The van der Waals surface area contributed by atoms with E-state index in [1.807, 2.05) is 43.3 Å². The summed E-state index contributed by atoms with van der Waals surface area (Å²) in [6.07, 6.45) is 2.37. The lowest BCUT2D eigenvalue weighted by atomic mass is 10.2. The molecule has 160 valence electrons. The third kappa shape index (κ3) is 4.55. The Morgan fingerprint density at radius 1 is 1.06 bits per heavy atom. The van der Waals surface area contributed by atoms with E-state index < -0.39 is 5.97 Å². The number of hydrogen-bond donors (Lipinski definition) is 1. The zero-order chi connectivity index (χ0) is 22.0. The van der Waals surface area contributed by atoms with Crippen molar-refractivity contribution in [2.75, 3.05) is 13.2 Å². The van der Waals surface area contributed by atoms with Crippen LogP contribution in [-0.2, 0) is 11.3 Å². The number of fused-ring (bicyclic) bond motifs is 2. The summed E-state index contributed by atoms with van der Waals surface area (Å²) in [6.45, 7) is 2.63. The van der Waals surface area contributed by atoms with Gasteiger partial charge in [0.15, 0.2) is 5.75 Å². The van der Waals surface area contributed by atoms with Gasteiger partial charge < -0.3 is 19.1 Å². The first-order valence-corrected chi connectivity index (χ1v) is 10.5. The summed E-state index contributed by atoms with van der Waals surface area (Å²) >= 11 is 12.6. The van der Waals surface area contributed by atoms with E-state index in [0.29, 0.717) is 46.7 Å². The second kappa shape index (κ2) is 9.04. The van der Waals surface area contributed by atoms with Crippen molar-refractivity contribution in [3.63, 3.8) is 0 Å². The Morgan fingerprint density at radius 2 is 1.87 bits per heavy atom. The van der Waals surface area contributed by atoms with Gasteiger partial charge in [0.2, 0.25) is 0 Å². The fourth-order valence-corrected chi connectivity index (χ4v) is 4.02. The summed E-state index contributed by atoms with van der Waals surface area (Å²) in [6, 6.07) is 12.9. The minimum atomic E-state index is -0.890. The van der Waals surface area contributed by atoms with Crippen LogP contribution < -0.4 is 9.47 Å². The Labute approximate surface area is 188 Å². The highest BCUT2D eigenvalue weighted by Crippen LogP contribution is 2.37. The number of hydrogen-bond acceptors (Lipinski definition) is 4. The number of nitrogens with zero attached hydrogens (tertiary/aromatic N) is 2. The van der Waals surface area contributed by atoms with Crippen molar-refractivity contribution < 1.29 is 19.4 Å². The van der Waals surface area contributed by atoms with Gasteiger partial charge in [-0.1, -0.05) is 29.3 Å². The average molecular weight is 459 g/mol. The normalized spacial score (nSPS) is 11.2. The number of benzene rings is 2. The van der Waals surface area contributed by atoms with Gasteiger partial charge in [-0.15, -0.1) is 0 Å². The average Bonchev–Trinajstić information content (AvgIpc) is 3.12. The van der Waals surface area contributed by atoms with Crippen molar-refractivity contribution in [2.45, 2.75) is 19.9 Å². The quantitative estimate of drug-likeness (QED) is 0.341. The molecule has 0 bridgehead atoms. The number of aliphatic carboxylic acids is 1. The van der Waals surface area contributed by atoms with E-state index in [9.17, 15) is 4.79 Å². The van der Waals surface area contributed by atoms with E-state index in [1.165, 1.54) is 0 Å². The van der Waals surface area contributed by atoms with Crippen LogP contribution >= 0.6 is 23.2 Å². The first-order valence-electron chi connectivity index (χ1n) is 9.74. The van der Waals surface area contributed by atoms with Crippen LogP contribution in [-0.4, -0.2) is 33.8 Å². The van der Waals surface area contributed by atoms with Crippen LogP contribution in [0.25, 0.3) is 21.8 Å². The van der Waals surface area contributed by atoms with Gasteiger partial charge in [-0.3, -0.25) is 4.79 Å². The molecule has 0 amide bonds. The molecule has 0 saturated carbocycles. The van der Waals surface area contributed by atoms with E-state index in [0.717, 1.165) is 22.0 Å². The number of aromatic nitrogens is 2.